The van der Waals surface area contributed by atoms with Gasteiger partial charge in [-0.1, -0.05) is 52.7 Å². The fourth-order valence-corrected chi connectivity index (χ4v) is 4.32. The minimum atomic E-state index is -0.550. The van der Waals surface area contributed by atoms with Gasteiger partial charge in [-0.15, -0.1) is 0 Å². The Hall–Kier alpha value is -2.67. The van der Waals surface area contributed by atoms with Crippen LogP contribution in [0.4, 0.5) is 5.69 Å². The fourth-order valence-electron chi connectivity index (χ4n) is 3.70. The highest BCUT2D eigenvalue weighted by molar-refractivity contribution is 9.10. The third kappa shape index (κ3) is 5.94. The predicted octanol–water partition coefficient (Wildman–Crippen LogP) is 4.16. The monoisotopic (exact) mass is 486 g/mol. The second-order valence-electron chi connectivity index (χ2n) is 7.93. The predicted molar refractivity (Wildman–Crippen MR) is 123 cm³/mol. The summed E-state index contributed by atoms with van der Waals surface area (Å²) in [5.74, 6) is -1.54. The average molecular weight is 487 g/mol. The van der Waals surface area contributed by atoms with Gasteiger partial charge in [-0.05, 0) is 49.1 Å². The Morgan fingerprint density at radius 2 is 1.90 bits per heavy atom. The summed E-state index contributed by atoms with van der Waals surface area (Å²) in [5, 5.41) is 2.84. The van der Waals surface area contributed by atoms with Crippen molar-refractivity contribution in [2.75, 3.05) is 18.5 Å². The second kappa shape index (κ2) is 10.1. The molecule has 31 heavy (non-hydrogen) atoms. The van der Waals surface area contributed by atoms with Crippen molar-refractivity contribution in [2.24, 2.45) is 5.92 Å². The number of nitrogens with one attached hydrogen (secondary N) is 1. The Morgan fingerprint density at radius 3 is 2.58 bits per heavy atom. The van der Waals surface area contributed by atoms with Crippen molar-refractivity contribution < 1.29 is 19.1 Å². The first kappa shape index (κ1) is 23.0. The topological polar surface area (TPSA) is 75.7 Å². The van der Waals surface area contributed by atoms with Gasteiger partial charge in [0.25, 0.3) is 5.91 Å². The van der Waals surface area contributed by atoms with Crippen LogP contribution in [0, 0.1) is 19.8 Å². The number of ether oxygens (including phenoxy) is 1. The van der Waals surface area contributed by atoms with Crippen LogP contribution in [0.1, 0.15) is 35.6 Å². The zero-order valence-corrected chi connectivity index (χ0v) is 19.6. The Kier molecular flexibility index (Phi) is 7.49. The van der Waals surface area contributed by atoms with E-state index in [4.69, 9.17) is 4.74 Å². The first-order valence-corrected chi connectivity index (χ1v) is 11.1. The molecule has 1 aliphatic rings. The largest absolute Gasteiger partial charge is 0.455 e. The summed E-state index contributed by atoms with van der Waals surface area (Å²) in [7, 11) is 0. The lowest BCUT2D eigenvalue weighted by Gasteiger charge is -2.17. The van der Waals surface area contributed by atoms with E-state index in [0.717, 1.165) is 38.8 Å². The normalized spacial score (nSPS) is 15.8. The molecule has 1 unspecified atom stereocenters. The molecule has 1 saturated heterocycles. The lowest BCUT2D eigenvalue weighted by Crippen LogP contribution is -2.28. The Labute approximate surface area is 191 Å². The third-order valence-electron chi connectivity index (χ3n) is 5.41. The number of aryl methyl sites for hydroxylation is 3. The summed E-state index contributed by atoms with van der Waals surface area (Å²) in [6.07, 6.45) is 0.870. The number of carbonyl (C=O) groups excluding carboxylic acids is 3. The summed E-state index contributed by atoms with van der Waals surface area (Å²) < 4.78 is 6.17. The van der Waals surface area contributed by atoms with Gasteiger partial charge in [0.2, 0.25) is 5.91 Å². The number of rotatable bonds is 7. The maximum atomic E-state index is 12.4. The molecule has 7 heteroatoms. The number of benzene rings is 2. The molecule has 0 radical (unpaired) electrons. The van der Waals surface area contributed by atoms with E-state index in [2.05, 4.69) is 21.2 Å². The van der Waals surface area contributed by atoms with Crippen LogP contribution in [0.15, 0.2) is 40.9 Å². The van der Waals surface area contributed by atoms with Crippen LogP contribution in [0.5, 0.6) is 0 Å². The highest BCUT2D eigenvalue weighted by Crippen LogP contribution is 2.26. The number of hydrogen-bond acceptors (Lipinski definition) is 4. The van der Waals surface area contributed by atoms with E-state index in [0.29, 0.717) is 13.1 Å². The standard InChI is InChI=1S/C24H27BrN2O4/c1-4-18-10-20(25)9-16(3)23(18)26-21(28)14-31-24(30)19-11-22(29)27(13-19)12-17-7-5-15(2)6-8-17/h5-10,19H,4,11-14H2,1-3H3,(H,26,28). The van der Waals surface area contributed by atoms with Crippen molar-refractivity contribution >= 4 is 39.4 Å². The Bertz CT molecular complexity index is 988. The maximum Gasteiger partial charge on any atom is 0.311 e. The quantitative estimate of drug-likeness (QED) is 0.596. The SMILES string of the molecule is CCc1cc(Br)cc(C)c1NC(=O)COC(=O)C1CC(=O)N(Cc2ccc(C)cc2)C1. The maximum absolute atomic E-state index is 12.4. The summed E-state index contributed by atoms with van der Waals surface area (Å²) in [5.41, 5.74) is 4.84. The van der Waals surface area contributed by atoms with Gasteiger partial charge >= 0.3 is 5.97 Å². The van der Waals surface area contributed by atoms with Crippen LogP contribution in [0.25, 0.3) is 0 Å². The van der Waals surface area contributed by atoms with Crippen molar-refractivity contribution in [3.8, 4) is 0 Å². The molecule has 1 atom stereocenters. The van der Waals surface area contributed by atoms with E-state index >= 15 is 0 Å². The molecule has 2 amide bonds. The molecule has 164 valence electrons. The number of likely N-dealkylation sites (tertiary alicyclic amines) is 1. The van der Waals surface area contributed by atoms with Gasteiger partial charge in [-0.2, -0.15) is 0 Å². The minimum absolute atomic E-state index is 0.0787. The van der Waals surface area contributed by atoms with Gasteiger partial charge < -0.3 is 15.0 Å². The number of nitrogens with zero attached hydrogens (tertiary/aromatic N) is 1. The molecule has 3 rings (SSSR count). The molecule has 1 aliphatic heterocycles. The summed E-state index contributed by atoms with van der Waals surface area (Å²) in [6.45, 7) is 6.33. The number of esters is 1. The molecule has 2 aromatic rings. The van der Waals surface area contributed by atoms with Crippen molar-refractivity contribution in [1.82, 2.24) is 4.90 Å². The first-order chi connectivity index (χ1) is 14.8. The number of anilines is 1. The van der Waals surface area contributed by atoms with Gasteiger partial charge in [0, 0.05) is 29.7 Å². The molecule has 2 aromatic carbocycles. The molecule has 0 aliphatic carbocycles. The van der Waals surface area contributed by atoms with Gasteiger partial charge in [-0.3, -0.25) is 14.4 Å². The summed E-state index contributed by atoms with van der Waals surface area (Å²) >= 11 is 3.46. The lowest BCUT2D eigenvalue weighted by atomic mass is 10.1. The summed E-state index contributed by atoms with van der Waals surface area (Å²) in [6, 6.07) is 11.8. The number of amides is 2. The fraction of sp³-hybridized carbons (Fsp3) is 0.375. The molecule has 1 heterocycles. The smallest absolute Gasteiger partial charge is 0.311 e. The van der Waals surface area contributed by atoms with E-state index in [1.54, 1.807) is 4.90 Å². The van der Waals surface area contributed by atoms with Crippen LogP contribution in [-0.2, 0) is 32.1 Å². The Morgan fingerprint density at radius 1 is 1.19 bits per heavy atom. The first-order valence-electron chi connectivity index (χ1n) is 10.4. The zero-order valence-electron chi connectivity index (χ0n) is 18.0. The van der Waals surface area contributed by atoms with Crippen molar-refractivity contribution in [2.45, 2.75) is 40.2 Å². The molecule has 0 aromatic heterocycles. The van der Waals surface area contributed by atoms with Crippen LogP contribution in [0.2, 0.25) is 0 Å². The summed E-state index contributed by atoms with van der Waals surface area (Å²) in [4.78, 5) is 38.8. The van der Waals surface area contributed by atoms with E-state index in [1.165, 1.54) is 0 Å². The van der Waals surface area contributed by atoms with E-state index in [9.17, 15) is 14.4 Å². The molecule has 0 saturated carbocycles. The lowest BCUT2D eigenvalue weighted by molar-refractivity contribution is -0.151. The van der Waals surface area contributed by atoms with Gasteiger partial charge in [0.1, 0.15) is 0 Å². The molecule has 1 fully saturated rings. The highest BCUT2D eigenvalue weighted by atomic mass is 79.9. The van der Waals surface area contributed by atoms with Gasteiger partial charge in [-0.25, -0.2) is 0 Å². The number of hydrogen-bond donors (Lipinski definition) is 1. The van der Waals surface area contributed by atoms with Crippen LogP contribution in [0.3, 0.4) is 0 Å². The third-order valence-corrected chi connectivity index (χ3v) is 5.87. The highest BCUT2D eigenvalue weighted by Gasteiger charge is 2.35. The minimum Gasteiger partial charge on any atom is -0.455 e. The van der Waals surface area contributed by atoms with Crippen molar-refractivity contribution in [3.63, 3.8) is 0 Å². The van der Waals surface area contributed by atoms with Crippen LogP contribution in [-0.4, -0.2) is 35.8 Å². The zero-order chi connectivity index (χ0) is 22.5. The molecule has 0 spiro atoms. The number of carbonyl (C=O) groups is 3. The Balaban J connectivity index is 1.52. The van der Waals surface area contributed by atoms with Crippen LogP contribution < -0.4 is 5.32 Å². The second-order valence-corrected chi connectivity index (χ2v) is 8.84. The van der Waals surface area contributed by atoms with Crippen molar-refractivity contribution in [3.05, 3.63) is 63.1 Å². The van der Waals surface area contributed by atoms with E-state index in [-0.39, 0.29) is 18.9 Å². The molecule has 1 N–H and O–H groups in total. The van der Waals surface area contributed by atoms with Gasteiger partial charge in [0.15, 0.2) is 6.61 Å². The molecule has 6 nitrogen and oxygen atoms in total. The van der Waals surface area contributed by atoms with E-state index < -0.39 is 17.8 Å². The molecule has 0 bridgehead atoms. The van der Waals surface area contributed by atoms with E-state index in [1.807, 2.05) is 57.2 Å². The van der Waals surface area contributed by atoms with Crippen molar-refractivity contribution in [1.29, 1.82) is 0 Å². The molecular weight excluding hydrogens is 460 g/mol. The van der Waals surface area contributed by atoms with Gasteiger partial charge in [0.05, 0.1) is 5.92 Å². The number of halogens is 1. The van der Waals surface area contributed by atoms with Crippen LogP contribution >= 0.6 is 15.9 Å². The average Bonchev–Trinajstić information content (AvgIpc) is 3.10. The molecular formula is C24H27BrN2O4.